The fraction of sp³-hybridized carbons (Fsp3) is 0.444. The lowest BCUT2D eigenvalue weighted by molar-refractivity contribution is 0.0773. The van der Waals surface area contributed by atoms with E-state index < -0.39 is 0 Å². The van der Waals surface area contributed by atoms with E-state index >= 15 is 0 Å². The summed E-state index contributed by atoms with van der Waals surface area (Å²) in [5.74, 6) is 0.127. The predicted octanol–water partition coefficient (Wildman–Crippen LogP) is 1.41. The molecule has 6 nitrogen and oxygen atoms in total. The molecule has 0 aliphatic carbocycles. The van der Waals surface area contributed by atoms with Crippen LogP contribution < -0.4 is 5.32 Å². The van der Waals surface area contributed by atoms with Gasteiger partial charge in [0.25, 0.3) is 5.91 Å². The van der Waals surface area contributed by atoms with Crippen molar-refractivity contribution in [3.63, 3.8) is 0 Å². The van der Waals surface area contributed by atoms with Gasteiger partial charge in [0.1, 0.15) is 0 Å². The van der Waals surface area contributed by atoms with E-state index in [-0.39, 0.29) is 18.3 Å². The highest BCUT2D eigenvalue weighted by Gasteiger charge is 2.31. The molecule has 1 unspecified atom stereocenters. The molecule has 0 radical (unpaired) electrons. The summed E-state index contributed by atoms with van der Waals surface area (Å²) in [5, 5.41) is 7.62. The fourth-order valence-electron chi connectivity index (χ4n) is 3.66. The molecule has 2 saturated heterocycles. The smallest absolute Gasteiger partial charge is 0.253 e. The summed E-state index contributed by atoms with van der Waals surface area (Å²) < 4.78 is 1.78. The summed E-state index contributed by atoms with van der Waals surface area (Å²) in [5.41, 5.74) is 1.66. The van der Waals surface area contributed by atoms with E-state index in [4.69, 9.17) is 0 Å². The van der Waals surface area contributed by atoms with Crippen LogP contribution in [0.15, 0.2) is 42.7 Å². The number of carbonyl (C=O) groups excluding carboxylic acids is 1. The summed E-state index contributed by atoms with van der Waals surface area (Å²) in [6, 6.07) is 10.1. The van der Waals surface area contributed by atoms with Gasteiger partial charge in [-0.25, -0.2) is 4.68 Å². The van der Waals surface area contributed by atoms with Gasteiger partial charge in [-0.05, 0) is 30.7 Å². The number of aromatic nitrogens is 2. The Morgan fingerprint density at radius 3 is 2.76 bits per heavy atom. The first-order chi connectivity index (χ1) is 11.8. The van der Waals surface area contributed by atoms with E-state index in [1.54, 1.807) is 10.9 Å². The molecule has 1 amide bonds. The van der Waals surface area contributed by atoms with E-state index in [9.17, 15) is 4.79 Å². The molecule has 25 heavy (non-hydrogen) atoms. The lowest BCUT2D eigenvalue weighted by Crippen LogP contribution is -2.49. The highest BCUT2D eigenvalue weighted by atomic mass is 35.5. The number of rotatable bonds is 3. The van der Waals surface area contributed by atoms with Crippen LogP contribution in [0.25, 0.3) is 5.69 Å². The molecule has 0 saturated carbocycles. The number of amides is 1. The summed E-state index contributed by atoms with van der Waals surface area (Å²) in [6.07, 6.45) is 4.71. The van der Waals surface area contributed by atoms with Gasteiger partial charge in [-0.2, -0.15) is 5.10 Å². The van der Waals surface area contributed by atoms with Crippen molar-refractivity contribution >= 4 is 18.3 Å². The Morgan fingerprint density at radius 1 is 1.16 bits per heavy atom. The normalized spacial score (nSPS) is 21.1. The Morgan fingerprint density at radius 2 is 2.00 bits per heavy atom. The van der Waals surface area contributed by atoms with Crippen LogP contribution in [0.5, 0.6) is 0 Å². The Labute approximate surface area is 154 Å². The zero-order chi connectivity index (χ0) is 16.4. The van der Waals surface area contributed by atoms with Gasteiger partial charge < -0.3 is 10.2 Å². The lowest BCUT2D eigenvalue weighted by Gasteiger charge is -2.32. The monoisotopic (exact) mass is 361 g/mol. The first-order valence-electron chi connectivity index (χ1n) is 8.65. The number of hydrogen-bond donors (Lipinski definition) is 1. The maximum absolute atomic E-state index is 12.9. The maximum atomic E-state index is 12.9. The Kier molecular flexibility index (Phi) is 5.73. The van der Waals surface area contributed by atoms with Crippen molar-refractivity contribution < 1.29 is 4.79 Å². The largest absolute Gasteiger partial charge is 0.337 e. The quantitative estimate of drug-likeness (QED) is 0.898. The number of nitrogens with zero attached hydrogens (tertiary/aromatic N) is 4. The molecular formula is C18H24ClN5O. The summed E-state index contributed by atoms with van der Waals surface area (Å²) in [4.78, 5) is 17.4. The number of carbonyl (C=O) groups is 1. The molecule has 3 heterocycles. The van der Waals surface area contributed by atoms with Gasteiger partial charge in [-0.3, -0.25) is 9.69 Å². The number of halogens is 1. The highest BCUT2D eigenvalue weighted by Crippen LogP contribution is 2.19. The van der Waals surface area contributed by atoms with Crippen LogP contribution in [-0.2, 0) is 0 Å². The number of likely N-dealkylation sites (tertiary alicyclic amines) is 1. The average molecular weight is 362 g/mol. The third-order valence-corrected chi connectivity index (χ3v) is 4.98. The van der Waals surface area contributed by atoms with Crippen LogP contribution in [0.4, 0.5) is 0 Å². The van der Waals surface area contributed by atoms with Crippen LogP contribution in [0.3, 0.4) is 0 Å². The third kappa shape index (κ3) is 3.86. The second-order valence-corrected chi connectivity index (χ2v) is 6.48. The second kappa shape index (κ2) is 7.99. The minimum absolute atomic E-state index is 0. The molecule has 1 aromatic carbocycles. The number of hydrogen-bond acceptors (Lipinski definition) is 4. The Hall–Kier alpha value is -1.89. The van der Waals surface area contributed by atoms with E-state index in [0.29, 0.717) is 6.04 Å². The fourth-order valence-corrected chi connectivity index (χ4v) is 3.66. The van der Waals surface area contributed by atoms with E-state index in [0.717, 1.165) is 56.9 Å². The minimum atomic E-state index is 0. The molecule has 2 aliphatic heterocycles. The second-order valence-electron chi connectivity index (χ2n) is 6.48. The molecule has 0 spiro atoms. The minimum Gasteiger partial charge on any atom is -0.337 e. The Bertz CT molecular complexity index is 699. The molecule has 1 aromatic heterocycles. The summed E-state index contributed by atoms with van der Waals surface area (Å²) >= 11 is 0. The number of benzene rings is 1. The van der Waals surface area contributed by atoms with Gasteiger partial charge >= 0.3 is 0 Å². The standard InChI is InChI=1S/C18H23N5O.ClH/c24-18(15-3-1-4-16(13-15)23-9-2-6-20-23)22-10-5-17(14-22)21-11-7-19-8-12-21;/h1-4,6,9,13,17,19H,5,7-8,10-12,14H2;1H. The topological polar surface area (TPSA) is 53.4 Å². The van der Waals surface area contributed by atoms with Gasteiger partial charge in [0.2, 0.25) is 0 Å². The molecule has 2 fully saturated rings. The lowest BCUT2D eigenvalue weighted by atomic mass is 10.1. The molecule has 7 heteroatoms. The maximum Gasteiger partial charge on any atom is 0.253 e. The zero-order valence-corrected chi connectivity index (χ0v) is 15.0. The van der Waals surface area contributed by atoms with Gasteiger partial charge in [0.05, 0.1) is 5.69 Å². The highest BCUT2D eigenvalue weighted by molar-refractivity contribution is 5.95. The first-order valence-corrected chi connectivity index (χ1v) is 8.65. The van der Waals surface area contributed by atoms with E-state index in [1.807, 2.05) is 41.4 Å². The van der Waals surface area contributed by atoms with Crippen molar-refractivity contribution in [1.29, 1.82) is 0 Å². The molecule has 1 N–H and O–H groups in total. The number of piperazine rings is 1. The van der Waals surface area contributed by atoms with Gasteiger partial charge in [-0.15, -0.1) is 12.4 Å². The number of nitrogens with one attached hydrogen (secondary N) is 1. The van der Waals surface area contributed by atoms with Crippen LogP contribution in [0, 0.1) is 0 Å². The molecule has 2 aromatic rings. The van der Waals surface area contributed by atoms with Crippen molar-refractivity contribution in [1.82, 2.24) is 24.9 Å². The van der Waals surface area contributed by atoms with Crippen LogP contribution >= 0.6 is 12.4 Å². The molecular weight excluding hydrogens is 338 g/mol. The molecule has 1 atom stereocenters. The third-order valence-electron chi connectivity index (χ3n) is 4.98. The molecule has 134 valence electrons. The van der Waals surface area contributed by atoms with E-state index in [1.165, 1.54) is 0 Å². The predicted molar refractivity (Wildman–Crippen MR) is 99.6 cm³/mol. The molecule has 0 bridgehead atoms. The van der Waals surface area contributed by atoms with Crippen molar-refractivity contribution in [2.24, 2.45) is 0 Å². The molecule has 2 aliphatic rings. The van der Waals surface area contributed by atoms with Crippen molar-refractivity contribution in [2.75, 3.05) is 39.3 Å². The first kappa shape index (κ1) is 17.9. The Balaban J connectivity index is 0.00000182. The summed E-state index contributed by atoms with van der Waals surface area (Å²) in [7, 11) is 0. The van der Waals surface area contributed by atoms with E-state index in [2.05, 4.69) is 15.3 Å². The van der Waals surface area contributed by atoms with Crippen molar-refractivity contribution in [3.05, 3.63) is 48.3 Å². The summed E-state index contributed by atoms with van der Waals surface area (Å²) in [6.45, 7) is 5.96. The molecule has 4 rings (SSSR count). The van der Waals surface area contributed by atoms with Gasteiger partial charge in [0.15, 0.2) is 0 Å². The van der Waals surface area contributed by atoms with Crippen molar-refractivity contribution in [3.8, 4) is 5.69 Å². The average Bonchev–Trinajstić information content (AvgIpc) is 3.34. The van der Waals surface area contributed by atoms with Crippen molar-refractivity contribution in [2.45, 2.75) is 12.5 Å². The van der Waals surface area contributed by atoms with Gasteiger partial charge in [-0.1, -0.05) is 6.07 Å². The SMILES string of the molecule is Cl.O=C(c1cccc(-n2cccn2)c1)N1CCC(N2CCNCC2)C1. The van der Waals surface area contributed by atoms with Gasteiger partial charge in [0, 0.05) is 63.3 Å². The van der Waals surface area contributed by atoms with Crippen LogP contribution in [0.1, 0.15) is 16.8 Å². The van der Waals surface area contributed by atoms with Crippen LogP contribution in [-0.4, -0.2) is 70.8 Å². The zero-order valence-electron chi connectivity index (χ0n) is 14.2. The van der Waals surface area contributed by atoms with Crippen LogP contribution in [0.2, 0.25) is 0 Å².